The summed E-state index contributed by atoms with van der Waals surface area (Å²) in [4.78, 5) is 0. The van der Waals surface area contributed by atoms with Crippen LogP contribution >= 0.6 is 0 Å². The van der Waals surface area contributed by atoms with Gasteiger partial charge in [-0.2, -0.15) is 0 Å². The Kier molecular flexibility index (Phi) is 10.6. The van der Waals surface area contributed by atoms with Gasteiger partial charge in [0.05, 0.1) is 12.2 Å². The van der Waals surface area contributed by atoms with Crippen LogP contribution in [0.5, 0.6) is 0 Å². The van der Waals surface area contributed by atoms with E-state index in [9.17, 15) is 0 Å². The molecule has 0 amide bonds. The van der Waals surface area contributed by atoms with E-state index >= 15 is 0 Å². The molecule has 0 aromatic heterocycles. The molecular weight excluding hydrogens is 236 g/mol. The highest BCUT2D eigenvalue weighted by atomic mass is 16.7. The maximum absolute atomic E-state index is 6.21. The first-order valence-electron chi connectivity index (χ1n) is 8.31. The fourth-order valence-electron chi connectivity index (χ4n) is 2.51. The average molecular weight is 272 g/mol. The number of hydrogen-bond donors (Lipinski definition) is 0. The van der Waals surface area contributed by atoms with Crippen LogP contribution in [-0.2, 0) is 9.47 Å². The van der Waals surface area contributed by atoms with Gasteiger partial charge >= 0.3 is 0 Å². The quantitative estimate of drug-likeness (QED) is 0.335. The summed E-state index contributed by atoms with van der Waals surface area (Å²) in [5, 5.41) is 0. The van der Waals surface area contributed by atoms with Crippen LogP contribution in [0, 0.1) is 0 Å². The molecule has 0 aliphatic rings. The normalized spacial score (nSPS) is 12.6. The first-order valence-corrected chi connectivity index (χ1v) is 8.31. The SMILES string of the molecule is CCCCCCC(CCCC)(OC(C)C)OC(C)C. The second-order valence-electron chi connectivity index (χ2n) is 6.16. The fourth-order valence-corrected chi connectivity index (χ4v) is 2.51. The minimum absolute atomic E-state index is 0.224. The second kappa shape index (κ2) is 10.7. The topological polar surface area (TPSA) is 18.5 Å². The van der Waals surface area contributed by atoms with Crippen molar-refractivity contribution in [3.8, 4) is 0 Å². The highest BCUT2D eigenvalue weighted by Gasteiger charge is 2.33. The molecule has 0 spiro atoms. The van der Waals surface area contributed by atoms with Crippen molar-refractivity contribution >= 4 is 0 Å². The molecule has 2 heteroatoms. The van der Waals surface area contributed by atoms with E-state index in [0.717, 1.165) is 12.8 Å². The van der Waals surface area contributed by atoms with Crippen molar-refractivity contribution < 1.29 is 9.47 Å². The van der Waals surface area contributed by atoms with E-state index in [-0.39, 0.29) is 18.0 Å². The molecule has 0 N–H and O–H groups in total. The van der Waals surface area contributed by atoms with Gasteiger partial charge < -0.3 is 9.47 Å². The molecule has 0 heterocycles. The highest BCUT2D eigenvalue weighted by Crippen LogP contribution is 2.30. The Morgan fingerprint density at radius 2 is 1.16 bits per heavy atom. The molecule has 0 atom stereocenters. The molecule has 0 radical (unpaired) electrons. The summed E-state index contributed by atoms with van der Waals surface area (Å²) in [6, 6.07) is 0. The molecule has 0 fully saturated rings. The van der Waals surface area contributed by atoms with Crippen molar-refractivity contribution in [3.05, 3.63) is 0 Å². The van der Waals surface area contributed by atoms with Gasteiger partial charge in [-0.3, -0.25) is 0 Å². The van der Waals surface area contributed by atoms with E-state index in [4.69, 9.17) is 9.47 Å². The summed E-state index contributed by atoms with van der Waals surface area (Å²) in [6.07, 6.45) is 9.95. The van der Waals surface area contributed by atoms with E-state index in [1.165, 1.54) is 38.5 Å². The van der Waals surface area contributed by atoms with Crippen LogP contribution in [0.15, 0.2) is 0 Å². The third-order valence-electron chi connectivity index (χ3n) is 3.22. The van der Waals surface area contributed by atoms with Crippen molar-refractivity contribution in [1.82, 2.24) is 0 Å². The van der Waals surface area contributed by atoms with Gasteiger partial charge in [-0.25, -0.2) is 0 Å². The fraction of sp³-hybridized carbons (Fsp3) is 1.00. The van der Waals surface area contributed by atoms with Crippen molar-refractivity contribution in [1.29, 1.82) is 0 Å². The number of unbranched alkanes of at least 4 members (excludes halogenated alkanes) is 4. The Labute approximate surface area is 121 Å². The Hall–Kier alpha value is -0.0800. The Morgan fingerprint density at radius 1 is 0.684 bits per heavy atom. The number of ether oxygens (including phenoxy) is 2. The molecule has 2 nitrogen and oxygen atoms in total. The molecule has 0 unspecified atom stereocenters. The molecule has 0 rings (SSSR count). The lowest BCUT2D eigenvalue weighted by atomic mass is 10.00. The number of hydrogen-bond acceptors (Lipinski definition) is 2. The summed E-state index contributed by atoms with van der Waals surface area (Å²) < 4.78 is 12.4. The van der Waals surface area contributed by atoms with E-state index < -0.39 is 0 Å². The maximum atomic E-state index is 6.21. The van der Waals surface area contributed by atoms with Crippen LogP contribution in [0.3, 0.4) is 0 Å². The van der Waals surface area contributed by atoms with Gasteiger partial charge in [0.1, 0.15) is 0 Å². The lowest BCUT2D eigenvalue weighted by molar-refractivity contribution is -0.276. The summed E-state index contributed by atoms with van der Waals surface area (Å²) >= 11 is 0. The molecule has 0 aromatic rings. The molecule has 0 aromatic carbocycles. The summed E-state index contributed by atoms with van der Waals surface area (Å²) in [6.45, 7) is 12.9. The zero-order chi connectivity index (χ0) is 14.7. The van der Waals surface area contributed by atoms with Crippen LogP contribution in [0.2, 0.25) is 0 Å². The third-order valence-corrected chi connectivity index (χ3v) is 3.22. The molecule has 0 bridgehead atoms. The first-order chi connectivity index (χ1) is 8.95. The van der Waals surface area contributed by atoms with Crippen molar-refractivity contribution in [2.45, 2.75) is 111 Å². The first kappa shape index (κ1) is 18.9. The van der Waals surface area contributed by atoms with Gasteiger partial charge in [0, 0.05) is 12.8 Å². The van der Waals surface area contributed by atoms with Gasteiger partial charge in [0.2, 0.25) is 0 Å². The maximum Gasteiger partial charge on any atom is 0.168 e. The Bertz CT molecular complexity index is 189. The van der Waals surface area contributed by atoms with Crippen molar-refractivity contribution in [3.63, 3.8) is 0 Å². The lowest BCUT2D eigenvalue weighted by Gasteiger charge is -2.37. The van der Waals surface area contributed by atoms with E-state index in [1.54, 1.807) is 0 Å². The van der Waals surface area contributed by atoms with Gasteiger partial charge in [0.25, 0.3) is 0 Å². The third kappa shape index (κ3) is 9.45. The molecule has 19 heavy (non-hydrogen) atoms. The minimum Gasteiger partial charge on any atom is -0.347 e. The predicted molar refractivity (Wildman–Crippen MR) is 83.5 cm³/mol. The van der Waals surface area contributed by atoms with E-state index in [2.05, 4.69) is 41.5 Å². The number of rotatable bonds is 12. The minimum atomic E-state index is -0.355. The molecule has 0 aliphatic carbocycles. The van der Waals surface area contributed by atoms with Gasteiger partial charge in [0.15, 0.2) is 5.79 Å². The van der Waals surface area contributed by atoms with Gasteiger partial charge in [-0.1, -0.05) is 39.5 Å². The van der Waals surface area contributed by atoms with Crippen LogP contribution in [0.1, 0.15) is 92.9 Å². The summed E-state index contributed by atoms with van der Waals surface area (Å²) in [5.41, 5.74) is 0. The molecule has 0 saturated heterocycles. The second-order valence-corrected chi connectivity index (χ2v) is 6.16. The van der Waals surface area contributed by atoms with E-state index in [0.29, 0.717) is 0 Å². The summed E-state index contributed by atoms with van der Waals surface area (Å²) in [7, 11) is 0. The van der Waals surface area contributed by atoms with Crippen LogP contribution in [-0.4, -0.2) is 18.0 Å². The monoisotopic (exact) mass is 272 g/mol. The highest BCUT2D eigenvalue weighted by molar-refractivity contribution is 4.73. The van der Waals surface area contributed by atoms with Crippen LogP contribution in [0.4, 0.5) is 0 Å². The zero-order valence-corrected chi connectivity index (χ0v) is 14.1. The largest absolute Gasteiger partial charge is 0.347 e. The molecule has 116 valence electrons. The lowest BCUT2D eigenvalue weighted by Crippen LogP contribution is -2.40. The Balaban J connectivity index is 4.58. The van der Waals surface area contributed by atoms with E-state index in [1.807, 2.05) is 0 Å². The Morgan fingerprint density at radius 3 is 1.58 bits per heavy atom. The van der Waals surface area contributed by atoms with Crippen LogP contribution in [0.25, 0.3) is 0 Å². The van der Waals surface area contributed by atoms with Crippen molar-refractivity contribution in [2.24, 2.45) is 0 Å². The predicted octanol–water partition coefficient (Wildman–Crippen LogP) is 5.69. The van der Waals surface area contributed by atoms with Gasteiger partial charge in [-0.05, 0) is 40.5 Å². The molecule has 0 saturated carbocycles. The molecular formula is C17H36O2. The van der Waals surface area contributed by atoms with Gasteiger partial charge in [-0.15, -0.1) is 0 Å². The average Bonchev–Trinajstić information content (AvgIpc) is 2.30. The smallest absolute Gasteiger partial charge is 0.168 e. The van der Waals surface area contributed by atoms with Crippen LogP contribution < -0.4 is 0 Å². The molecule has 0 aliphatic heterocycles. The zero-order valence-electron chi connectivity index (χ0n) is 14.1. The standard InChI is InChI=1S/C17H36O2/c1-7-9-11-12-14-17(13-10-8-2,18-15(3)4)19-16(5)6/h15-16H,7-14H2,1-6H3. The van der Waals surface area contributed by atoms with Crippen molar-refractivity contribution in [2.75, 3.05) is 0 Å². The summed E-state index contributed by atoms with van der Waals surface area (Å²) in [5.74, 6) is -0.355.